The maximum atomic E-state index is 14.1. The average molecular weight is 421 g/mol. The number of nitrogens with one attached hydrogen (secondary N) is 2. The molecule has 30 heavy (non-hydrogen) atoms. The third kappa shape index (κ3) is 3.91. The molecular formula is C25H25FN2OS. The Morgan fingerprint density at radius 2 is 1.87 bits per heavy atom. The van der Waals surface area contributed by atoms with Gasteiger partial charge in [-0.3, -0.25) is 0 Å². The molecule has 2 heterocycles. The third-order valence-corrected chi connectivity index (χ3v) is 6.60. The first-order valence-corrected chi connectivity index (χ1v) is 10.8. The van der Waals surface area contributed by atoms with Crippen molar-refractivity contribution in [2.75, 3.05) is 6.54 Å². The van der Waals surface area contributed by atoms with Crippen molar-refractivity contribution in [2.45, 2.75) is 26.9 Å². The van der Waals surface area contributed by atoms with Crippen molar-refractivity contribution >= 4 is 27.9 Å². The number of H-pyrrole nitrogens is 1. The molecule has 2 aromatic heterocycles. The lowest BCUT2D eigenvalue weighted by atomic mass is 10.0. The fourth-order valence-electron chi connectivity index (χ4n) is 3.85. The van der Waals surface area contributed by atoms with Crippen LogP contribution in [0.25, 0.3) is 27.0 Å². The minimum Gasteiger partial charge on any atom is -0.391 e. The predicted octanol–water partition coefficient (Wildman–Crippen LogP) is 5.95. The number of fused-ring (bicyclic) bond motifs is 1. The second-order valence-corrected chi connectivity index (χ2v) is 8.67. The highest BCUT2D eigenvalue weighted by Gasteiger charge is 2.14. The highest BCUT2D eigenvalue weighted by atomic mass is 32.1. The van der Waals surface area contributed by atoms with Gasteiger partial charge in [0.25, 0.3) is 0 Å². The second-order valence-electron chi connectivity index (χ2n) is 7.50. The molecule has 0 aliphatic carbocycles. The van der Waals surface area contributed by atoms with Crippen molar-refractivity contribution in [3.63, 3.8) is 0 Å². The van der Waals surface area contributed by atoms with E-state index >= 15 is 0 Å². The predicted molar refractivity (Wildman–Crippen MR) is 124 cm³/mol. The van der Waals surface area contributed by atoms with Crippen LogP contribution in [0.4, 0.5) is 4.39 Å². The summed E-state index contributed by atoms with van der Waals surface area (Å²) in [6.07, 6.45) is 0.784. The van der Waals surface area contributed by atoms with E-state index in [1.807, 2.05) is 32.0 Å². The second kappa shape index (κ2) is 8.46. The first-order valence-electron chi connectivity index (χ1n) is 9.97. The first-order chi connectivity index (χ1) is 14.5. The zero-order chi connectivity index (χ0) is 21.3. The van der Waals surface area contributed by atoms with E-state index < -0.39 is 0 Å². The Balaban J connectivity index is 1.42. The van der Waals surface area contributed by atoms with Crippen LogP contribution >= 0.6 is 11.3 Å². The van der Waals surface area contributed by atoms with Gasteiger partial charge >= 0.3 is 0 Å². The van der Waals surface area contributed by atoms with Gasteiger partial charge in [-0.25, -0.2) is 4.39 Å². The number of rotatable bonds is 7. The maximum absolute atomic E-state index is 14.1. The van der Waals surface area contributed by atoms with Crippen molar-refractivity contribution in [3.05, 3.63) is 88.2 Å². The molecule has 154 valence electrons. The maximum Gasteiger partial charge on any atom is 0.147 e. The summed E-state index contributed by atoms with van der Waals surface area (Å²) in [5.74, 6) is -0.209. The van der Waals surface area contributed by atoms with Crippen LogP contribution in [0.3, 0.4) is 0 Å². The van der Waals surface area contributed by atoms with Gasteiger partial charge in [-0.05, 0) is 60.7 Å². The number of aliphatic hydroxyl groups excluding tert-OH is 1. The minimum atomic E-state index is -0.209. The summed E-state index contributed by atoms with van der Waals surface area (Å²) in [6, 6.07) is 15.6. The van der Waals surface area contributed by atoms with Gasteiger partial charge in [-0.2, -0.15) is 0 Å². The Kier molecular flexibility index (Phi) is 5.75. The molecule has 0 radical (unpaired) electrons. The largest absolute Gasteiger partial charge is 0.391 e. The van der Waals surface area contributed by atoms with Crippen LogP contribution in [0.5, 0.6) is 0 Å². The molecule has 4 rings (SSSR count). The average Bonchev–Trinajstić information content (AvgIpc) is 3.36. The van der Waals surface area contributed by atoms with Crippen LogP contribution in [-0.2, 0) is 13.0 Å². The third-order valence-electron chi connectivity index (χ3n) is 5.48. The summed E-state index contributed by atoms with van der Waals surface area (Å²) < 4.78 is 14.1. The highest BCUT2D eigenvalue weighted by Crippen LogP contribution is 2.30. The standard InChI is InChI=1S/C25H25FN2OS/c1-15-4-10-22(26)25-24(15)21(17(3)28-25)12-13-27-16(2)18-5-7-19(8-6-18)23-11-9-20(14-29)30-23/h4-11,27-29H,2,12-14H2,1,3H3. The van der Waals surface area contributed by atoms with Crippen LogP contribution in [0.2, 0.25) is 0 Å². The number of aliphatic hydroxyl groups is 1. The zero-order valence-electron chi connectivity index (χ0n) is 17.2. The molecule has 0 aliphatic heterocycles. The SMILES string of the molecule is C=C(NCCc1c(C)[nH]c2c(F)ccc(C)c12)c1ccc(-c2ccc(CO)s2)cc1. The fourth-order valence-corrected chi connectivity index (χ4v) is 4.72. The van der Waals surface area contributed by atoms with E-state index in [0.29, 0.717) is 5.52 Å². The number of aromatic nitrogens is 1. The van der Waals surface area contributed by atoms with Gasteiger partial charge < -0.3 is 15.4 Å². The van der Waals surface area contributed by atoms with Gasteiger partial charge in [0.2, 0.25) is 0 Å². The summed E-state index contributed by atoms with van der Waals surface area (Å²) in [7, 11) is 0. The molecule has 0 unspecified atom stereocenters. The Bertz CT molecular complexity index is 1200. The van der Waals surface area contributed by atoms with Crippen molar-refractivity contribution in [1.82, 2.24) is 10.3 Å². The van der Waals surface area contributed by atoms with Gasteiger partial charge in [0, 0.05) is 33.1 Å². The molecule has 3 N–H and O–H groups in total. The summed E-state index contributed by atoms with van der Waals surface area (Å²) in [4.78, 5) is 5.30. The fraction of sp³-hybridized carbons (Fsp3) is 0.200. The summed E-state index contributed by atoms with van der Waals surface area (Å²) in [5.41, 5.74) is 6.86. The smallest absolute Gasteiger partial charge is 0.147 e. The van der Waals surface area contributed by atoms with Crippen LogP contribution in [0, 0.1) is 19.7 Å². The van der Waals surface area contributed by atoms with Gasteiger partial charge in [0.15, 0.2) is 0 Å². The molecule has 0 spiro atoms. The molecule has 3 nitrogen and oxygen atoms in total. The molecule has 0 fully saturated rings. The molecular weight excluding hydrogens is 395 g/mol. The summed E-state index contributed by atoms with van der Waals surface area (Å²) in [5, 5.41) is 13.6. The number of thiophene rings is 1. The molecule has 0 saturated heterocycles. The lowest BCUT2D eigenvalue weighted by Gasteiger charge is -2.11. The highest BCUT2D eigenvalue weighted by molar-refractivity contribution is 7.15. The lowest BCUT2D eigenvalue weighted by Crippen LogP contribution is -2.15. The minimum absolute atomic E-state index is 0.0749. The van der Waals surface area contributed by atoms with E-state index in [0.717, 1.165) is 61.8 Å². The molecule has 0 saturated carbocycles. The monoisotopic (exact) mass is 420 g/mol. The van der Waals surface area contributed by atoms with Crippen molar-refractivity contribution in [1.29, 1.82) is 0 Å². The topological polar surface area (TPSA) is 48.0 Å². The van der Waals surface area contributed by atoms with Crippen molar-refractivity contribution < 1.29 is 9.50 Å². The summed E-state index contributed by atoms with van der Waals surface area (Å²) >= 11 is 1.60. The molecule has 2 aromatic carbocycles. The van der Waals surface area contributed by atoms with Gasteiger partial charge in [-0.15, -0.1) is 11.3 Å². The number of halogens is 1. The first kappa shape index (κ1) is 20.4. The molecule has 0 atom stereocenters. The zero-order valence-corrected chi connectivity index (χ0v) is 18.0. The molecule has 5 heteroatoms. The molecule has 0 bridgehead atoms. The van der Waals surface area contributed by atoms with E-state index in [9.17, 15) is 9.50 Å². The Labute approximate surface area is 179 Å². The number of aromatic amines is 1. The van der Waals surface area contributed by atoms with E-state index in [-0.39, 0.29) is 12.4 Å². The normalized spacial score (nSPS) is 11.2. The summed E-state index contributed by atoms with van der Waals surface area (Å²) in [6.45, 7) is 8.97. The Morgan fingerprint density at radius 3 is 2.57 bits per heavy atom. The van der Waals surface area contributed by atoms with Crippen molar-refractivity contribution in [3.8, 4) is 10.4 Å². The van der Waals surface area contributed by atoms with Crippen molar-refractivity contribution in [2.24, 2.45) is 0 Å². The van der Waals surface area contributed by atoms with Crippen LogP contribution < -0.4 is 5.32 Å². The van der Waals surface area contributed by atoms with Crippen LogP contribution in [-0.4, -0.2) is 16.6 Å². The van der Waals surface area contributed by atoms with Crippen LogP contribution in [0.15, 0.2) is 55.1 Å². The number of hydrogen-bond donors (Lipinski definition) is 3. The van der Waals surface area contributed by atoms with E-state index in [2.05, 4.69) is 41.1 Å². The molecule has 0 aliphatic rings. The van der Waals surface area contributed by atoms with Crippen LogP contribution in [0.1, 0.15) is 27.3 Å². The Morgan fingerprint density at radius 1 is 1.10 bits per heavy atom. The Hall–Kier alpha value is -2.89. The van der Waals surface area contributed by atoms with Gasteiger partial charge in [-0.1, -0.05) is 36.9 Å². The molecule has 4 aromatic rings. The number of aryl methyl sites for hydroxylation is 2. The quantitative estimate of drug-likeness (QED) is 0.346. The number of benzene rings is 2. The molecule has 0 amide bonds. The lowest BCUT2D eigenvalue weighted by molar-refractivity contribution is 0.285. The van der Waals surface area contributed by atoms with E-state index in [1.54, 1.807) is 11.3 Å². The van der Waals surface area contributed by atoms with Gasteiger partial charge in [0.05, 0.1) is 12.1 Å². The number of hydrogen-bond acceptors (Lipinski definition) is 3. The van der Waals surface area contributed by atoms with E-state index in [1.165, 1.54) is 6.07 Å². The van der Waals surface area contributed by atoms with E-state index in [4.69, 9.17) is 0 Å². The van der Waals surface area contributed by atoms with Gasteiger partial charge in [0.1, 0.15) is 5.82 Å².